The first-order valence-corrected chi connectivity index (χ1v) is 8.92. The molecular weight excluding hydrogens is 344 g/mol. The number of carbonyl (C=O) groups excluding carboxylic acids is 3. The van der Waals surface area contributed by atoms with Crippen molar-refractivity contribution in [2.75, 3.05) is 24.6 Å². The van der Waals surface area contributed by atoms with Crippen LogP contribution in [0.15, 0.2) is 24.3 Å². The molecule has 3 rings (SSSR count). The molecule has 2 aliphatic heterocycles. The molecule has 2 saturated heterocycles. The summed E-state index contributed by atoms with van der Waals surface area (Å²) in [4.78, 5) is 40.4. The Bertz CT molecular complexity index is 676. The second kappa shape index (κ2) is 7.54. The minimum atomic E-state index is -0.514. The van der Waals surface area contributed by atoms with Crippen molar-refractivity contribution in [1.82, 2.24) is 4.90 Å². The van der Waals surface area contributed by atoms with Crippen LogP contribution in [0.5, 0.6) is 0 Å². The van der Waals surface area contributed by atoms with E-state index in [9.17, 15) is 14.4 Å². The van der Waals surface area contributed by atoms with Gasteiger partial charge in [-0.2, -0.15) is 0 Å². The maximum Gasteiger partial charge on any atom is 0.310 e. The number of esters is 1. The summed E-state index contributed by atoms with van der Waals surface area (Å²) in [6.45, 7) is 3.28. The van der Waals surface area contributed by atoms with E-state index in [-0.39, 0.29) is 30.1 Å². The number of piperidine rings is 1. The second-order valence-corrected chi connectivity index (χ2v) is 6.79. The van der Waals surface area contributed by atoms with Crippen LogP contribution in [0, 0.1) is 5.92 Å². The Morgan fingerprint density at radius 1 is 1.28 bits per heavy atom. The molecular formula is C18H21ClN2O4. The fourth-order valence-corrected chi connectivity index (χ4v) is 3.63. The van der Waals surface area contributed by atoms with Crippen LogP contribution in [0.3, 0.4) is 0 Å². The molecule has 134 valence electrons. The zero-order valence-corrected chi connectivity index (χ0v) is 14.9. The molecule has 2 atom stereocenters. The summed E-state index contributed by atoms with van der Waals surface area (Å²) in [6, 6.07) is 6.13. The van der Waals surface area contributed by atoms with Gasteiger partial charge in [-0.1, -0.05) is 11.6 Å². The first kappa shape index (κ1) is 17.9. The van der Waals surface area contributed by atoms with Crippen molar-refractivity contribution in [1.29, 1.82) is 0 Å². The first-order valence-electron chi connectivity index (χ1n) is 8.54. The SMILES string of the molecule is CCOC(=O)[C@H]1CCCN([C@H]2CC(=O)N(c3ccc(Cl)cc3)C2=O)C1. The molecule has 0 bridgehead atoms. The zero-order chi connectivity index (χ0) is 18.0. The molecule has 0 N–H and O–H groups in total. The molecule has 0 unspecified atom stereocenters. The minimum Gasteiger partial charge on any atom is -0.466 e. The number of anilines is 1. The summed E-state index contributed by atoms with van der Waals surface area (Å²) in [5.41, 5.74) is 0.529. The van der Waals surface area contributed by atoms with E-state index in [2.05, 4.69) is 0 Å². The van der Waals surface area contributed by atoms with Crippen molar-refractivity contribution in [3.8, 4) is 0 Å². The lowest BCUT2D eigenvalue weighted by molar-refractivity contribution is -0.150. The second-order valence-electron chi connectivity index (χ2n) is 6.35. The van der Waals surface area contributed by atoms with E-state index in [0.717, 1.165) is 12.8 Å². The van der Waals surface area contributed by atoms with Gasteiger partial charge in [0.25, 0.3) is 5.91 Å². The number of hydrogen-bond donors (Lipinski definition) is 0. The van der Waals surface area contributed by atoms with Gasteiger partial charge in [-0.05, 0) is 50.6 Å². The van der Waals surface area contributed by atoms with E-state index in [1.54, 1.807) is 31.2 Å². The lowest BCUT2D eigenvalue weighted by atomic mass is 9.96. The quantitative estimate of drug-likeness (QED) is 0.605. The third-order valence-electron chi connectivity index (χ3n) is 4.72. The van der Waals surface area contributed by atoms with Crippen molar-refractivity contribution in [2.45, 2.75) is 32.2 Å². The number of hydrogen-bond acceptors (Lipinski definition) is 5. The van der Waals surface area contributed by atoms with Gasteiger partial charge in [0.2, 0.25) is 5.91 Å². The van der Waals surface area contributed by atoms with E-state index >= 15 is 0 Å². The number of likely N-dealkylation sites (tertiary alicyclic amines) is 1. The molecule has 2 heterocycles. The maximum absolute atomic E-state index is 12.8. The van der Waals surface area contributed by atoms with Gasteiger partial charge >= 0.3 is 5.97 Å². The number of ether oxygens (including phenoxy) is 1. The molecule has 2 amide bonds. The van der Waals surface area contributed by atoms with Crippen LogP contribution >= 0.6 is 11.6 Å². The van der Waals surface area contributed by atoms with E-state index in [4.69, 9.17) is 16.3 Å². The molecule has 0 aliphatic carbocycles. The molecule has 0 saturated carbocycles. The Kier molecular flexibility index (Phi) is 5.39. The number of amides is 2. The van der Waals surface area contributed by atoms with E-state index in [0.29, 0.717) is 30.4 Å². The highest BCUT2D eigenvalue weighted by Gasteiger charge is 2.44. The summed E-state index contributed by atoms with van der Waals surface area (Å²) in [5, 5.41) is 0.549. The Hall–Kier alpha value is -1.92. The van der Waals surface area contributed by atoms with E-state index in [1.165, 1.54) is 4.90 Å². The Morgan fingerprint density at radius 2 is 2.00 bits per heavy atom. The predicted molar refractivity (Wildman–Crippen MR) is 93.3 cm³/mol. The van der Waals surface area contributed by atoms with Crippen LogP contribution in [0.4, 0.5) is 5.69 Å². The number of nitrogens with zero attached hydrogens (tertiary/aromatic N) is 2. The van der Waals surface area contributed by atoms with Gasteiger partial charge in [-0.15, -0.1) is 0 Å². The normalized spacial score (nSPS) is 24.6. The monoisotopic (exact) mass is 364 g/mol. The van der Waals surface area contributed by atoms with Crippen molar-refractivity contribution >= 4 is 35.1 Å². The minimum absolute atomic E-state index is 0.136. The summed E-state index contributed by atoms with van der Waals surface area (Å²) in [7, 11) is 0. The van der Waals surface area contributed by atoms with Crippen molar-refractivity contribution in [3.63, 3.8) is 0 Å². The summed E-state index contributed by atoms with van der Waals surface area (Å²) in [5.74, 6) is -0.924. The third-order valence-corrected chi connectivity index (χ3v) is 4.97. The molecule has 2 aliphatic rings. The molecule has 0 radical (unpaired) electrons. The van der Waals surface area contributed by atoms with Gasteiger partial charge in [0.05, 0.1) is 30.7 Å². The van der Waals surface area contributed by atoms with Crippen molar-refractivity contribution in [2.24, 2.45) is 5.92 Å². The van der Waals surface area contributed by atoms with Gasteiger partial charge in [-0.25, -0.2) is 4.90 Å². The van der Waals surface area contributed by atoms with Gasteiger partial charge in [0.1, 0.15) is 0 Å². The highest BCUT2D eigenvalue weighted by molar-refractivity contribution is 6.30. The van der Waals surface area contributed by atoms with Gasteiger partial charge < -0.3 is 4.74 Å². The Morgan fingerprint density at radius 3 is 2.68 bits per heavy atom. The molecule has 2 fully saturated rings. The lowest BCUT2D eigenvalue weighted by Gasteiger charge is -2.34. The summed E-state index contributed by atoms with van der Waals surface area (Å²) < 4.78 is 5.10. The van der Waals surface area contributed by atoms with Crippen LogP contribution in [0.25, 0.3) is 0 Å². The molecule has 1 aromatic rings. The van der Waals surface area contributed by atoms with Crippen molar-refractivity contribution in [3.05, 3.63) is 29.3 Å². The highest BCUT2D eigenvalue weighted by atomic mass is 35.5. The summed E-state index contributed by atoms with van der Waals surface area (Å²) >= 11 is 5.87. The summed E-state index contributed by atoms with van der Waals surface area (Å²) in [6.07, 6.45) is 1.70. The molecule has 7 heteroatoms. The number of carbonyl (C=O) groups is 3. The zero-order valence-electron chi connectivity index (χ0n) is 14.1. The topological polar surface area (TPSA) is 66.9 Å². The number of halogens is 1. The van der Waals surface area contributed by atoms with Gasteiger partial charge in [-0.3, -0.25) is 19.3 Å². The highest BCUT2D eigenvalue weighted by Crippen LogP contribution is 2.29. The average molecular weight is 365 g/mol. The van der Waals surface area contributed by atoms with Crippen LogP contribution in [0.1, 0.15) is 26.2 Å². The molecule has 0 aromatic heterocycles. The average Bonchev–Trinajstić information content (AvgIpc) is 2.91. The number of rotatable bonds is 4. The Balaban J connectivity index is 1.73. The maximum atomic E-state index is 12.8. The fraction of sp³-hybridized carbons (Fsp3) is 0.500. The third kappa shape index (κ3) is 3.70. The predicted octanol–water partition coefficient (Wildman–Crippen LogP) is 2.25. The van der Waals surface area contributed by atoms with Crippen LogP contribution in [-0.2, 0) is 19.1 Å². The largest absolute Gasteiger partial charge is 0.466 e. The molecule has 0 spiro atoms. The van der Waals surface area contributed by atoms with Crippen LogP contribution in [0.2, 0.25) is 5.02 Å². The van der Waals surface area contributed by atoms with Gasteiger partial charge in [0, 0.05) is 11.6 Å². The smallest absolute Gasteiger partial charge is 0.310 e. The Labute approximate surface area is 151 Å². The van der Waals surface area contributed by atoms with E-state index in [1.807, 2.05) is 4.90 Å². The molecule has 25 heavy (non-hydrogen) atoms. The van der Waals surface area contributed by atoms with Gasteiger partial charge in [0.15, 0.2) is 0 Å². The fourth-order valence-electron chi connectivity index (χ4n) is 3.50. The number of benzene rings is 1. The number of imide groups is 1. The van der Waals surface area contributed by atoms with Crippen LogP contribution in [-0.4, -0.2) is 48.4 Å². The molecule has 6 nitrogen and oxygen atoms in total. The first-order chi connectivity index (χ1) is 12.0. The van der Waals surface area contributed by atoms with Crippen molar-refractivity contribution < 1.29 is 19.1 Å². The van der Waals surface area contributed by atoms with E-state index < -0.39 is 6.04 Å². The molecule has 1 aromatic carbocycles. The lowest BCUT2D eigenvalue weighted by Crippen LogP contribution is -2.48. The van der Waals surface area contributed by atoms with Crippen LogP contribution < -0.4 is 4.90 Å². The standard InChI is InChI=1S/C18H21ClN2O4/c1-2-25-18(24)12-4-3-9-20(11-12)15-10-16(22)21(17(15)23)14-7-5-13(19)6-8-14/h5-8,12,15H,2-4,9-11H2,1H3/t12-,15-/m0/s1.